The molecular formula is C7H17NO5. The maximum absolute atomic E-state index is 9.12. The number of hydrogen-bond acceptors (Lipinski definition) is 6. The molecule has 0 radical (unpaired) electrons. The van der Waals surface area contributed by atoms with E-state index >= 15 is 0 Å². The van der Waals surface area contributed by atoms with E-state index in [1.54, 1.807) is 0 Å². The van der Waals surface area contributed by atoms with Crippen molar-refractivity contribution in [3.8, 4) is 0 Å². The maximum Gasteiger partial charge on any atom is 0.104 e. The summed E-state index contributed by atoms with van der Waals surface area (Å²) in [5, 5.41) is 46.3. The number of hydrogen-bond donors (Lipinski definition) is 6. The molecule has 0 aromatic rings. The van der Waals surface area contributed by atoms with Crippen molar-refractivity contribution in [1.82, 2.24) is 5.32 Å². The Hall–Kier alpha value is -0.240. The highest BCUT2D eigenvalue weighted by atomic mass is 16.4. The van der Waals surface area contributed by atoms with Crippen LogP contribution in [0.3, 0.4) is 0 Å². The van der Waals surface area contributed by atoms with Gasteiger partial charge in [-0.25, -0.2) is 0 Å². The van der Waals surface area contributed by atoms with Gasteiger partial charge in [-0.3, -0.25) is 0 Å². The summed E-state index contributed by atoms with van der Waals surface area (Å²) in [5.74, 6) is 0. The standard InChI is InChI=1S/C7H17NO5/c9-2-5(3-10)8-1-6(12)7(13)4-11/h5-13H,1-4H2. The molecule has 0 aromatic heterocycles. The Labute approximate surface area is 76.4 Å². The second kappa shape index (κ2) is 7.19. The molecule has 6 nitrogen and oxygen atoms in total. The molecule has 0 fully saturated rings. The summed E-state index contributed by atoms with van der Waals surface area (Å²) in [6.07, 6.45) is -2.31. The lowest BCUT2D eigenvalue weighted by atomic mass is 10.2. The zero-order valence-electron chi connectivity index (χ0n) is 7.30. The van der Waals surface area contributed by atoms with Crippen molar-refractivity contribution in [1.29, 1.82) is 0 Å². The van der Waals surface area contributed by atoms with Crippen molar-refractivity contribution >= 4 is 0 Å². The van der Waals surface area contributed by atoms with Gasteiger partial charge >= 0.3 is 0 Å². The van der Waals surface area contributed by atoms with E-state index in [4.69, 9.17) is 25.5 Å². The lowest BCUT2D eigenvalue weighted by molar-refractivity contribution is -0.0156. The van der Waals surface area contributed by atoms with E-state index in [-0.39, 0.29) is 19.8 Å². The van der Waals surface area contributed by atoms with Gasteiger partial charge in [0.15, 0.2) is 0 Å². The molecule has 0 bridgehead atoms. The van der Waals surface area contributed by atoms with Crippen LogP contribution >= 0.6 is 0 Å². The number of rotatable bonds is 7. The van der Waals surface area contributed by atoms with Crippen molar-refractivity contribution in [2.75, 3.05) is 26.4 Å². The Balaban J connectivity index is 3.61. The van der Waals surface area contributed by atoms with Crippen molar-refractivity contribution in [2.24, 2.45) is 0 Å². The Bertz CT molecular complexity index is 119. The Morgan fingerprint density at radius 2 is 1.38 bits per heavy atom. The molecule has 0 saturated carbocycles. The Morgan fingerprint density at radius 1 is 0.846 bits per heavy atom. The summed E-state index contributed by atoms with van der Waals surface area (Å²) in [5.41, 5.74) is 0. The molecule has 0 heterocycles. The Morgan fingerprint density at radius 3 is 1.77 bits per heavy atom. The topological polar surface area (TPSA) is 113 Å². The van der Waals surface area contributed by atoms with E-state index in [0.717, 1.165) is 0 Å². The fraction of sp³-hybridized carbons (Fsp3) is 1.00. The van der Waals surface area contributed by atoms with Crippen LogP contribution < -0.4 is 5.32 Å². The van der Waals surface area contributed by atoms with Crippen LogP contribution in [-0.4, -0.2) is 70.1 Å². The molecule has 0 saturated heterocycles. The zero-order valence-corrected chi connectivity index (χ0v) is 7.30. The fourth-order valence-electron chi connectivity index (χ4n) is 0.732. The molecule has 13 heavy (non-hydrogen) atoms. The smallest absolute Gasteiger partial charge is 0.104 e. The molecule has 2 unspecified atom stereocenters. The Kier molecular flexibility index (Phi) is 7.06. The minimum Gasteiger partial charge on any atom is -0.395 e. The molecule has 80 valence electrons. The lowest BCUT2D eigenvalue weighted by Crippen LogP contribution is -2.44. The quantitative estimate of drug-likeness (QED) is 0.253. The minimum absolute atomic E-state index is 0.00745. The molecule has 0 aromatic carbocycles. The molecule has 0 aliphatic heterocycles. The van der Waals surface area contributed by atoms with Crippen molar-refractivity contribution < 1.29 is 25.5 Å². The number of nitrogens with one attached hydrogen (secondary N) is 1. The van der Waals surface area contributed by atoms with Gasteiger partial charge in [0.25, 0.3) is 0 Å². The van der Waals surface area contributed by atoms with Crippen LogP contribution in [-0.2, 0) is 0 Å². The highest BCUT2D eigenvalue weighted by Crippen LogP contribution is 1.91. The highest BCUT2D eigenvalue weighted by Gasteiger charge is 2.16. The van der Waals surface area contributed by atoms with E-state index in [0.29, 0.717) is 0 Å². The first-order chi connectivity index (χ1) is 6.15. The molecule has 0 spiro atoms. The fourth-order valence-corrected chi connectivity index (χ4v) is 0.732. The van der Waals surface area contributed by atoms with Gasteiger partial charge in [-0.15, -0.1) is 0 Å². The van der Waals surface area contributed by atoms with Gasteiger partial charge < -0.3 is 30.8 Å². The van der Waals surface area contributed by atoms with Gasteiger partial charge in [-0.05, 0) is 0 Å². The molecule has 6 heteroatoms. The summed E-state index contributed by atoms with van der Waals surface area (Å²) < 4.78 is 0. The number of aliphatic hydroxyl groups is 5. The zero-order chi connectivity index (χ0) is 10.3. The van der Waals surface area contributed by atoms with Crippen molar-refractivity contribution in [3.05, 3.63) is 0 Å². The first kappa shape index (κ1) is 12.8. The molecular weight excluding hydrogens is 178 g/mol. The third-order valence-electron chi connectivity index (χ3n) is 1.69. The normalized spacial score (nSPS) is 16.2. The molecule has 2 atom stereocenters. The summed E-state index contributed by atoms with van der Waals surface area (Å²) in [7, 11) is 0. The van der Waals surface area contributed by atoms with Crippen LogP contribution in [0.1, 0.15) is 0 Å². The first-order valence-electron chi connectivity index (χ1n) is 4.07. The maximum atomic E-state index is 9.12. The number of aliphatic hydroxyl groups excluding tert-OH is 5. The van der Waals surface area contributed by atoms with Crippen LogP contribution in [0.2, 0.25) is 0 Å². The third-order valence-corrected chi connectivity index (χ3v) is 1.69. The minimum atomic E-state index is -1.20. The van der Waals surface area contributed by atoms with Crippen molar-refractivity contribution in [3.63, 3.8) is 0 Å². The van der Waals surface area contributed by atoms with Crippen LogP contribution in [0.25, 0.3) is 0 Å². The highest BCUT2D eigenvalue weighted by molar-refractivity contribution is 4.72. The van der Waals surface area contributed by atoms with Gasteiger partial charge in [0.05, 0.1) is 32.0 Å². The predicted molar refractivity (Wildman–Crippen MR) is 45.1 cm³/mol. The first-order valence-corrected chi connectivity index (χ1v) is 4.07. The second-order valence-corrected chi connectivity index (χ2v) is 2.79. The predicted octanol–water partition coefficient (Wildman–Crippen LogP) is -3.36. The average molecular weight is 195 g/mol. The van der Waals surface area contributed by atoms with Crippen molar-refractivity contribution in [2.45, 2.75) is 18.2 Å². The summed E-state index contributed by atoms with van der Waals surface area (Å²) in [6.45, 7) is -1.02. The van der Waals surface area contributed by atoms with Crippen LogP contribution in [0.5, 0.6) is 0 Å². The van der Waals surface area contributed by atoms with Crippen LogP contribution in [0.4, 0.5) is 0 Å². The summed E-state index contributed by atoms with van der Waals surface area (Å²) >= 11 is 0. The van der Waals surface area contributed by atoms with Crippen LogP contribution in [0, 0.1) is 0 Å². The molecule has 0 rings (SSSR count). The second-order valence-electron chi connectivity index (χ2n) is 2.79. The lowest BCUT2D eigenvalue weighted by Gasteiger charge is -2.19. The van der Waals surface area contributed by atoms with Gasteiger partial charge in [0, 0.05) is 6.54 Å². The summed E-state index contributed by atoms with van der Waals surface area (Å²) in [6, 6.07) is -0.513. The molecule has 0 aliphatic rings. The molecule has 0 amide bonds. The molecule has 6 N–H and O–H groups in total. The summed E-state index contributed by atoms with van der Waals surface area (Å²) in [4.78, 5) is 0. The van der Waals surface area contributed by atoms with Gasteiger partial charge in [-0.1, -0.05) is 0 Å². The van der Waals surface area contributed by atoms with E-state index in [1.807, 2.05) is 0 Å². The van der Waals surface area contributed by atoms with Gasteiger partial charge in [0.1, 0.15) is 6.10 Å². The van der Waals surface area contributed by atoms with E-state index in [9.17, 15) is 0 Å². The van der Waals surface area contributed by atoms with E-state index in [1.165, 1.54) is 0 Å². The largest absolute Gasteiger partial charge is 0.395 e. The third kappa shape index (κ3) is 5.14. The van der Waals surface area contributed by atoms with Gasteiger partial charge in [-0.2, -0.15) is 0 Å². The van der Waals surface area contributed by atoms with Gasteiger partial charge in [0.2, 0.25) is 0 Å². The van der Waals surface area contributed by atoms with E-state index < -0.39 is 24.9 Å². The molecule has 0 aliphatic carbocycles. The monoisotopic (exact) mass is 195 g/mol. The van der Waals surface area contributed by atoms with E-state index in [2.05, 4.69) is 5.32 Å². The van der Waals surface area contributed by atoms with Crippen LogP contribution in [0.15, 0.2) is 0 Å². The average Bonchev–Trinajstić information content (AvgIpc) is 2.17. The SMILES string of the molecule is OCC(CO)NCC(O)C(O)CO.